The number of hydrogen-bond acceptors (Lipinski definition) is 4. The SMILES string of the molecule is CCOC(=O)c1cccc(C(=O)Nc2cccc(C)c2)n1. The Morgan fingerprint density at radius 3 is 2.57 bits per heavy atom. The van der Waals surface area contributed by atoms with Crippen molar-refractivity contribution in [3.8, 4) is 0 Å². The van der Waals surface area contributed by atoms with Gasteiger partial charge in [0.2, 0.25) is 0 Å². The Bertz CT molecular complexity index is 668. The van der Waals surface area contributed by atoms with Crippen molar-refractivity contribution in [2.45, 2.75) is 13.8 Å². The molecule has 1 N–H and O–H groups in total. The van der Waals surface area contributed by atoms with Gasteiger partial charge in [0.05, 0.1) is 6.61 Å². The summed E-state index contributed by atoms with van der Waals surface area (Å²) in [6, 6.07) is 12.1. The molecule has 0 saturated carbocycles. The number of amides is 1. The summed E-state index contributed by atoms with van der Waals surface area (Å²) in [4.78, 5) is 27.8. The van der Waals surface area contributed by atoms with Gasteiger partial charge in [0.1, 0.15) is 11.4 Å². The zero-order chi connectivity index (χ0) is 15.2. The molecule has 21 heavy (non-hydrogen) atoms. The normalized spacial score (nSPS) is 10.0. The molecule has 0 fully saturated rings. The number of ether oxygens (including phenoxy) is 1. The van der Waals surface area contributed by atoms with Crippen molar-refractivity contribution >= 4 is 17.6 Å². The van der Waals surface area contributed by atoms with Gasteiger partial charge >= 0.3 is 5.97 Å². The molecule has 1 aromatic heterocycles. The van der Waals surface area contributed by atoms with Crippen molar-refractivity contribution < 1.29 is 14.3 Å². The zero-order valence-electron chi connectivity index (χ0n) is 11.9. The fourth-order valence-corrected chi connectivity index (χ4v) is 1.80. The maximum Gasteiger partial charge on any atom is 0.356 e. The van der Waals surface area contributed by atoms with Gasteiger partial charge in [-0.2, -0.15) is 0 Å². The van der Waals surface area contributed by atoms with Crippen LogP contribution in [-0.2, 0) is 4.74 Å². The van der Waals surface area contributed by atoms with E-state index in [0.29, 0.717) is 5.69 Å². The van der Waals surface area contributed by atoms with Crippen molar-refractivity contribution in [3.05, 3.63) is 59.4 Å². The van der Waals surface area contributed by atoms with E-state index in [1.54, 1.807) is 25.1 Å². The number of nitrogens with zero attached hydrogens (tertiary/aromatic N) is 1. The number of rotatable bonds is 4. The second-order valence-electron chi connectivity index (χ2n) is 4.45. The van der Waals surface area contributed by atoms with Gasteiger partial charge in [-0.3, -0.25) is 4.79 Å². The molecule has 108 valence electrons. The maximum absolute atomic E-state index is 12.1. The lowest BCUT2D eigenvalue weighted by atomic mass is 10.2. The Balaban J connectivity index is 2.16. The minimum absolute atomic E-state index is 0.119. The molecule has 5 heteroatoms. The predicted molar refractivity (Wildman–Crippen MR) is 79.3 cm³/mol. The first-order chi connectivity index (χ1) is 10.1. The Morgan fingerprint density at radius 1 is 1.14 bits per heavy atom. The molecule has 0 saturated heterocycles. The van der Waals surface area contributed by atoms with E-state index in [4.69, 9.17) is 4.74 Å². The number of anilines is 1. The van der Waals surface area contributed by atoms with Crippen LogP contribution in [0.4, 0.5) is 5.69 Å². The highest BCUT2D eigenvalue weighted by atomic mass is 16.5. The fourth-order valence-electron chi connectivity index (χ4n) is 1.80. The van der Waals surface area contributed by atoms with Gasteiger partial charge in [-0.25, -0.2) is 9.78 Å². The number of carbonyl (C=O) groups is 2. The molecule has 0 atom stereocenters. The number of benzene rings is 1. The van der Waals surface area contributed by atoms with E-state index in [1.165, 1.54) is 6.07 Å². The van der Waals surface area contributed by atoms with Crippen molar-refractivity contribution in [2.75, 3.05) is 11.9 Å². The van der Waals surface area contributed by atoms with E-state index in [-0.39, 0.29) is 23.9 Å². The minimum Gasteiger partial charge on any atom is -0.461 e. The fraction of sp³-hybridized carbons (Fsp3) is 0.188. The Labute approximate surface area is 123 Å². The maximum atomic E-state index is 12.1. The van der Waals surface area contributed by atoms with E-state index in [9.17, 15) is 9.59 Å². The summed E-state index contributed by atoms with van der Waals surface area (Å²) in [6.07, 6.45) is 0. The minimum atomic E-state index is -0.539. The summed E-state index contributed by atoms with van der Waals surface area (Å²) in [7, 11) is 0. The van der Waals surface area contributed by atoms with Gasteiger partial charge < -0.3 is 10.1 Å². The van der Waals surface area contributed by atoms with E-state index < -0.39 is 5.97 Å². The molecule has 0 aliphatic heterocycles. The van der Waals surface area contributed by atoms with Gasteiger partial charge in [-0.05, 0) is 43.7 Å². The third-order valence-corrected chi connectivity index (χ3v) is 2.74. The second-order valence-corrected chi connectivity index (χ2v) is 4.45. The molecular formula is C16H16N2O3. The number of aromatic nitrogens is 1. The van der Waals surface area contributed by atoms with Crippen LogP contribution >= 0.6 is 0 Å². The van der Waals surface area contributed by atoms with Gasteiger partial charge in [0.25, 0.3) is 5.91 Å². The van der Waals surface area contributed by atoms with Crippen LogP contribution in [0.2, 0.25) is 0 Å². The smallest absolute Gasteiger partial charge is 0.356 e. The highest BCUT2D eigenvalue weighted by molar-refractivity contribution is 6.03. The van der Waals surface area contributed by atoms with E-state index in [2.05, 4.69) is 10.3 Å². The molecule has 0 radical (unpaired) electrons. The van der Waals surface area contributed by atoms with E-state index in [1.807, 2.05) is 25.1 Å². The van der Waals surface area contributed by atoms with Crippen LogP contribution in [0.5, 0.6) is 0 Å². The standard InChI is InChI=1S/C16H16N2O3/c1-3-21-16(20)14-9-5-8-13(18-14)15(19)17-12-7-4-6-11(2)10-12/h4-10H,3H2,1-2H3,(H,17,19). The first kappa shape index (κ1) is 14.7. The number of nitrogens with one attached hydrogen (secondary N) is 1. The Kier molecular flexibility index (Phi) is 4.66. The average molecular weight is 284 g/mol. The Morgan fingerprint density at radius 2 is 1.86 bits per heavy atom. The van der Waals surface area contributed by atoms with Gasteiger partial charge in [-0.1, -0.05) is 18.2 Å². The molecule has 5 nitrogen and oxygen atoms in total. The molecule has 0 aliphatic carbocycles. The van der Waals surface area contributed by atoms with Crippen LogP contribution in [0.25, 0.3) is 0 Å². The molecule has 2 aromatic rings. The van der Waals surface area contributed by atoms with Crippen LogP contribution in [-0.4, -0.2) is 23.5 Å². The number of hydrogen-bond donors (Lipinski definition) is 1. The predicted octanol–water partition coefficient (Wildman–Crippen LogP) is 2.82. The van der Waals surface area contributed by atoms with Crippen molar-refractivity contribution in [3.63, 3.8) is 0 Å². The third-order valence-electron chi connectivity index (χ3n) is 2.74. The first-order valence-electron chi connectivity index (χ1n) is 6.62. The molecule has 1 amide bonds. The number of carbonyl (C=O) groups excluding carboxylic acids is 2. The lowest BCUT2D eigenvalue weighted by Crippen LogP contribution is -2.16. The van der Waals surface area contributed by atoms with Gasteiger partial charge in [0.15, 0.2) is 0 Å². The molecule has 0 aliphatic rings. The van der Waals surface area contributed by atoms with E-state index >= 15 is 0 Å². The molecule has 2 rings (SSSR count). The highest BCUT2D eigenvalue weighted by Gasteiger charge is 2.13. The van der Waals surface area contributed by atoms with Crippen LogP contribution in [0, 0.1) is 6.92 Å². The van der Waals surface area contributed by atoms with Crippen molar-refractivity contribution in [2.24, 2.45) is 0 Å². The quantitative estimate of drug-likeness (QED) is 0.877. The summed E-state index contributed by atoms with van der Waals surface area (Å²) in [5.41, 5.74) is 2.01. The van der Waals surface area contributed by atoms with Gasteiger partial charge in [-0.15, -0.1) is 0 Å². The first-order valence-corrected chi connectivity index (χ1v) is 6.62. The Hall–Kier alpha value is -2.69. The molecule has 1 heterocycles. The summed E-state index contributed by atoms with van der Waals surface area (Å²) in [5.74, 6) is -0.908. The molecular weight excluding hydrogens is 268 g/mol. The van der Waals surface area contributed by atoms with E-state index in [0.717, 1.165) is 5.56 Å². The molecule has 0 spiro atoms. The van der Waals surface area contributed by atoms with Crippen LogP contribution < -0.4 is 5.32 Å². The summed E-state index contributed by atoms with van der Waals surface area (Å²) < 4.78 is 4.86. The lowest BCUT2D eigenvalue weighted by molar-refractivity contribution is 0.0519. The molecule has 1 aromatic carbocycles. The molecule has 0 unspecified atom stereocenters. The summed E-state index contributed by atoms with van der Waals surface area (Å²) >= 11 is 0. The van der Waals surface area contributed by atoms with Crippen LogP contribution in [0.3, 0.4) is 0 Å². The summed E-state index contributed by atoms with van der Waals surface area (Å²) in [5, 5.41) is 2.74. The number of pyridine rings is 1. The monoisotopic (exact) mass is 284 g/mol. The lowest BCUT2D eigenvalue weighted by Gasteiger charge is -2.06. The zero-order valence-corrected chi connectivity index (χ0v) is 11.9. The van der Waals surface area contributed by atoms with Crippen molar-refractivity contribution in [1.82, 2.24) is 4.98 Å². The average Bonchev–Trinajstić information content (AvgIpc) is 2.47. The topological polar surface area (TPSA) is 68.3 Å². The number of aryl methyl sites for hydroxylation is 1. The largest absolute Gasteiger partial charge is 0.461 e. The molecule has 0 bridgehead atoms. The second kappa shape index (κ2) is 6.65. The van der Waals surface area contributed by atoms with Gasteiger partial charge in [0, 0.05) is 5.69 Å². The van der Waals surface area contributed by atoms with Crippen LogP contribution in [0.15, 0.2) is 42.5 Å². The number of esters is 1. The summed E-state index contributed by atoms with van der Waals surface area (Å²) in [6.45, 7) is 3.92. The third kappa shape index (κ3) is 3.89. The van der Waals surface area contributed by atoms with Crippen LogP contribution in [0.1, 0.15) is 33.5 Å². The highest BCUT2D eigenvalue weighted by Crippen LogP contribution is 2.11. The van der Waals surface area contributed by atoms with Crippen molar-refractivity contribution in [1.29, 1.82) is 0 Å².